The van der Waals surface area contributed by atoms with Gasteiger partial charge in [0.2, 0.25) is 0 Å². The molecule has 0 atom stereocenters. The van der Waals surface area contributed by atoms with Crippen molar-refractivity contribution in [2.45, 2.75) is 63.0 Å². The van der Waals surface area contributed by atoms with Gasteiger partial charge in [-0.3, -0.25) is 4.72 Å². The van der Waals surface area contributed by atoms with Crippen molar-refractivity contribution >= 4 is 26.7 Å². The molecule has 2 aromatic carbocycles. The lowest BCUT2D eigenvalue weighted by atomic mass is 9.89. The van der Waals surface area contributed by atoms with E-state index in [0.717, 1.165) is 23.4 Å². The van der Waals surface area contributed by atoms with Crippen LogP contribution in [0.4, 0.5) is 5.69 Å². The van der Waals surface area contributed by atoms with Crippen molar-refractivity contribution in [3.8, 4) is 0 Å². The molecule has 1 aromatic heterocycles. The van der Waals surface area contributed by atoms with Crippen LogP contribution in [0.3, 0.4) is 0 Å². The Morgan fingerprint density at radius 1 is 1.10 bits per heavy atom. The van der Waals surface area contributed by atoms with E-state index in [4.69, 9.17) is 9.72 Å². The van der Waals surface area contributed by atoms with Crippen LogP contribution in [0.25, 0.3) is 11.0 Å². The normalized spacial score (nSPS) is 16.0. The highest BCUT2D eigenvalue weighted by molar-refractivity contribution is 7.92. The van der Waals surface area contributed by atoms with E-state index < -0.39 is 15.6 Å². The zero-order chi connectivity index (χ0) is 22.1. The number of benzene rings is 2. The number of methoxy groups -OCH3 is 1. The van der Waals surface area contributed by atoms with Gasteiger partial charge in [0.15, 0.2) is 0 Å². The summed E-state index contributed by atoms with van der Waals surface area (Å²) < 4.78 is 36.1. The summed E-state index contributed by atoms with van der Waals surface area (Å²) in [6.45, 7) is 4.95. The molecule has 0 unspecified atom stereocenters. The van der Waals surface area contributed by atoms with Crippen molar-refractivity contribution in [1.29, 1.82) is 0 Å². The number of aromatic nitrogens is 2. The third kappa shape index (κ3) is 4.62. The van der Waals surface area contributed by atoms with Gasteiger partial charge in [0.05, 0.1) is 21.6 Å². The molecular formula is C24H31N3O3S. The fraction of sp³-hybridized carbons (Fsp3) is 0.458. The standard InChI is InChI=1S/C24H31N3O3S/c1-24(2,30-3)23-25-21-16-19(26-31(28,29)20-12-8-5-9-13-20)14-15-22(21)27(23)17-18-10-6-4-7-11-18/h5,8-9,12-16,18,26H,4,6-7,10-11,17H2,1-3H3. The maximum absolute atomic E-state index is 12.7. The second kappa shape index (κ2) is 8.63. The van der Waals surface area contributed by atoms with Crippen LogP contribution in [-0.4, -0.2) is 25.1 Å². The lowest BCUT2D eigenvalue weighted by Crippen LogP contribution is -2.27. The largest absolute Gasteiger partial charge is 0.371 e. The van der Waals surface area contributed by atoms with Gasteiger partial charge in [0.25, 0.3) is 10.0 Å². The number of hydrogen-bond donors (Lipinski definition) is 1. The van der Waals surface area contributed by atoms with Crippen molar-refractivity contribution in [1.82, 2.24) is 9.55 Å². The van der Waals surface area contributed by atoms with Crippen LogP contribution in [0.15, 0.2) is 53.4 Å². The zero-order valence-corrected chi connectivity index (χ0v) is 19.3. The Labute approximate surface area is 184 Å². The third-order valence-corrected chi connectivity index (χ3v) is 7.67. The molecular weight excluding hydrogens is 410 g/mol. The summed E-state index contributed by atoms with van der Waals surface area (Å²) in [6.07, 6.45) is 6.36. The predicted molar refractivity (Wildman–Crippen MR) is 124 cm³/mol. The van der Waals surface area contributed by atoms with Gasteiger partial charge < -0.3 is 9.30 Å². The maximum Gasteiger partial charge on any atom is 0.261 e. The highest BCUT2D eigenvalue weighted by Crippen LogP contribution is 2.33. The molecule has 1 heterocycles. The average molecular weight is 442 g/mol. The molecule has 1 fully saturated rings. The Hall–Kier alpha value is -2.38. The molecule has 1 saturated carbocycles. The van der Waals surface area contributed by atoms with E-state index in [2.05, 4.69) is 9.29 Å². The lowest BCUT2D eigenvalue weighted by Gasteiger charge is -2.27. The van der Waals surface area contributed by atoms with Gasteiger partial charge in [-0.1, -0.05) is 37.5 Å². The first-order valence-corrected chi connectivity index (χ1v) is 12.4. The van der Waals surface area contributed by atoms with Gasteiger partial charge in [-0.05, 0) is 62.9 Å². The first-order valence-electron chi connectivity index (χ1n) is 10.9. The van der Waals surface area contributed by atoms with Crippen molar-refractivity contribution in [3.63, 3.8) is 0 Å². The summed E-state index contributed by atoms with van der Waals surface area (Å²) in [5.41, 5.74) is 1.73. The minimum atomic E-state index is -3.65. The monoisotopic (exact) mass is 441 g/mol. The summed E-state index contributed by atoms with van der Waals surface area (Å²) >= 11 is 0. The van der Waals surface area contributed by atoms with E-state index in [-0.39, 0.29) is 4.90 Å². The Kier molecular flexibility index (Phi) is 6.08. The molecule has 7 heteroatoms. The highest BCUT2D eigenvalue weighted by Gasteiger charge is 2.29. The molecule has 1 aliphatic carbocycles. The number of imidazole rings is 1. The second-order valence-corrected chi connectivity index (χ2v) is 10.6. The van der Waals surface area contributed by atoms with E-state index in [1.807, 2.05) is 32.0 Å². The number of nitrogens with one attached hydrogen (secondary N) is 1. The van der Waals surface area contributed by atoms with Gasteiger partial charge in [0.1, 0.15) is 11.4 Å². The van der Waals surface area contributed by atoms with E-state index >= 15 is 0 Å². The summed E-state index contributed by atoms with van der Waals surface area (Å²) in [6, 6.07) is 14.0. The SMILES string of the molecule is COC(C)(C)c1nc2cc(NS(=O)(=O)c3ccccc3)ccc2n1CC1CCCCC1. The van der Waals surface area contributed by atoms with Crippen molar-refractivity contribution in [3.05, 3.63) is 54.4 Å². The number of nitrogens with zero attached hydrogens (tertiary/aromatic N) is 2. The fourth-order valence-corrected chi connectivity index (χ4v) is 5.44. The van der Waals surface area contributed by atoms with Gasteiger partial charge in [-0.15, -0.1) is 0 Å². The number of hydrogen-bond acceptors (Lipinski definition) is 4. The van der Waals surface area contributed by atoms with Crippen LogP contribution in [0.2, 0.25) is 0 Å². The molecule has 1 N–H and O–H groups in total. The highest BCUT2D eigenvalue weighted by atomic mass is 32.2. The lowest BCUT2D eigenvalue weighted by molar-refractivity contribution is 0.00818. The van der Waals surface area contributed by atoms with E-state index in [0.29, 0.717) is 11.6 Å². The van der Waals surface area contributed by atoms with Gasteiger partial charge in [-0.25, -0.2) is 13.4 Å². The van der Waals surface area contributed by atoms with E-state index in [1.54, 1.807) is 37.4 Å². The molecule has 166 valence electrons. The van der Waals surface area contributed by atoms with E-state index in [1.165, 1.54) is 32.1 Å². The number of anilines is 1. The minimum Gasteiger partial charge on any atom is -0.371 e. The molecule has 0 spiro atoms. The van der Waals surface area contributed by atoms with Crippen molar-refractivity contribution in [2.75, 3.05) is 11.8 Å². The summed E-state index contributed by atoms with van der Waals surface area (Å²) in [5, 5.41) is 0. The summed E-state index contributed by atoms with van der Waals surface area (Å²) in [4.78, 5) is 5.12. The van der Waals surface area contributed by atoms with Gasteiger partial charge >= 0.3 is 0 Å². The first kappa shape index (κ1) is 21.8. The smallest absolute Gasteiger partial charge is 0.261 e. The van der Waals surface area contributed by atoms with Crippen LogP contribution >= 0.6 is 0 Å². The molecule has 1 aliphatic rings. The Balaban J connectivity index is 1.71. The molecule has 0 saturated heterocycles. The summed E-state index contributed by atoms with van der Waals surface area (Å²) in [5.74, 6) is 1.51. The van der Waals surface area contributed by atoms with Gasteiger partial charge in [0, 0.05) is 13.7 Å². The Morgan fingerprint density at radius 3 is 2.48 bits per heavy atom. The van der Waals surface area contributed by atoms with Crippen LogP contribution in [0, 0.1) is 5.92 Å². The maximum atomic E-state index is 12.7. The molecule has 6 nitrogen and oxygen atoms in total. The zero-order valence-electron chi connectivity index (χ0n) is 18.5. The third-order valence-electron chi connectivity index (χ3n) is 6.27. The molecule has 3 aromatic rings. The van der Waals surface area contributed by atoms with Crippen LogP contribution in [-0.2, 0) is 26.9 Å². The van der Waals surface area contributed by atoms with Gasteiger partial charge in [-0.2, -0.15) is 0 Å². The average Bonchev–Trinajstić information content (AvgIpc) is 3.13. The predicted octanol–water partition coefficient (Wildman–Crippen LogP) is 5.30. The first-order chi connectivity index (χ1) is 14.8. The molecule has 0 radical (unpaired) electrons. The van der Waals surface area contributed by atoms with Crippen LogP contribution in [0.5, 0.6) is 0 Å². The van der Waals surface area contributed by atoms with E-state index in [9.17, 15) is 8.42 Å². The van der Waals surface area contributed by atoms with Crippen LogP contribution < -0.4 is 4.72 Å². The molecule has 31 heavy (non-hydrogen) atoms. The second-order valence-electron chi connectivity index (χ2n) is 8.89. The molecule has 0 bridgehead atoms. The number of ether oxygens (including phenoxy) is 1. The number of rotatable bonds is 7. The minimum absolute atomic E-state index is 0.235. The van der Waals surface area contributed by atoms with Crippen LogP contribution in [0.1, 0.15) is 51.8 Å². The van der Waals surface area contributed by atoms with Crippen molar-refractivity contribution < 1.29 is 13.2 Å². The fourth-order valence-electron chi connectivity index (χ4n) is 4.37. The molecule has 0 amide bonds. The summed E-state index contributed by atoms with van der Waals surface area (Å²) in [7, 11) is -1.95. The quantitative estimate of drug-likeness (QED) is 0.540. The number of sulfonamides is 1. The number of fused-ring (bicyclic) bond motifs is 1. The van der Waals surface area contributed by atoms with Crippen molar-refractivity contribution in [2.24, 2.45) is 5.92 Å². The Morgan fingerprint density at radius 2 is 1.81 bits per heavy atom. The molecule has 4 rings (SSSR count). The Bertz CT molecular complexity index is 1150. The molecule has 0 aliphatic heterocycles. The topological polar surface area (TPSA) is 73.2 Å².